The van der Waals surface area contributed by atoms with Gasteiger partial charge in [0.25, 0.3) is 11.8 Å². The molecule has 1 fully saturated rings. The average molecular weight is 287 g/mol. The third-order valence-corrected chi connectivity index (χ3v) is 4.12. The number of fused-ring (bicyclic) bond motifs is 1. The van der Waals surface area contributed by atoms with Crippen LogP contribution in [0.5, 0.6) is 0 Å². The molecule has 110 valence electrons. The summed E-state index contributed by atoms with van der Waals surface area (Å²) in [6, 6.07) is 4.61. The van der Waals surface area contributed by atoms with E-state index in [1.165, 1.54) is 4.90 Å². The SMILES string of the molecule is NC(=O)[C@H]1CCCN1C(=O)c1ccc2c(c1)C(=O)NCC2. The molecule has 1 aromatic carbocycles. The minimum absolute atomic E-state index is 0.154. The molecule has 0 radical (unpaired) electrons. The highest BCUT2D eigenvalue weighted by Gasteiger charge is 2.33. The zero-order valence-corrected chi connectivity index (χ0v) is 11.6. The molecule has 0 aromatic heterocycles. The Labute approximate surface area is 122 Å². The Morgan fingerprint density at radius 3 is 2.90 bits per heavy atom. The van der Waals surface area contributed by atoms with Crippen molar-refractivity contribution in [2.75, 3.05) is 13.1 Å². The monoisotopic (exact) mass is 287 g/mol. The van der Waals surface area contributed by atoms with Gasteiger partial charge in [0.05, 0.1) is 0 Å². The Bertz CT molecular complexity index is 627. The predicted molar refractivity (Wildman–Crippen MR) is 75.7 cm³/mol. The fourth-order valence-corrected chi connectivity index (χ4v) is 3.02. The van der Waals surface area contributed by atoms with Gasteiger partial charge in [0.2, 0.25) is 5.91 Å². The molecule has 1 aromatic rings. The largest absolute Gasteiger partial charge is 0.368 e. The quantitative estimate of drug-likeness (QED) is 0.805. The van der Waals surface area contributed by atoms with Gasteiger partial charge < -0.3 is 16.0 Å². The number of carbonyl (C=O) groups excluding carboxylic acids is 3. The second-order valence-electron chi connectivity index (χ2n) is 5.44. The van der Waals surface area contributed by atoms with E-state index in [9.17, 15) is 14.4 Å². The van der Waals surface area contributed by atoms with Crippen LogP contribution in [0.2, 0.25) is 0 Å². The summed E-state index contributed by atoms with van der Waals surface area (Å²) in [5, 5.41) is 2.76. The smallest absolute Gasteiger partial charge is 0.254 e. The van der Waals surface area contributed by atoms with Gasteiger partial charge in [0, 0.05) is 24.2 Å². The molecule has 0 spiro atoms. The minimum Gasteiger partial charge on any atom is -0.368 e. The molecule has 2 aliphatic rings. The Morgan fingerprint density at radius 1 is 1.33 bits per heavy atom. The van der Waals surface area contributed by atoms with Crippen LogP contribution in [0.25, 0.3) is 0 Å². The van der Waals surface area contributed by atoms with Gasteiger partial charge in [-0.05, 0) is 37.0 Å². The number of hydrogen-bond donors (Lipinski definition) is 2. The van der Waals surface area contributed by atoms with Gasteiger partial charge in [-0.2, -0.15) is 0 Å². The molecule has 3 amide bonds. The number of carbonyl (C=O) groups is 3. The molecule has 6 nitrogen and oxygen atoms in total. The molecular weight excluding hydrogens is 270 g/mol. The first-order valence-electron chi connectivity index (χ1n) is 7.09. The fraction of sp³-hybridized carbons (Fsp3) is 0.400. The van der Waals surface area contributed by atoms with Crippen LogP contribution in [0, 0.1) is 0 Å². The van der Waals surface area contributed by atoms with Crippen LogP contribution in [-0.4, -0.2) is 41.8 Å². The van der Waals surface area contributed by atoms with Crippen LogP contribution in [0.3, 0.4) is 0 Å². The van der Waals surface area contributed by atoms with E-state index < -0.39 is 11.9 Å². The lowest BCUT2D eigenvalue weighted by molar-refractivity contribution is -0.121. The molecular formula is C15H17N3O3. The molecule has 21 heavy (non-hydrogen) atoms. The van der Waals surface area contributed by atoms with Crippen molar-refractivity contribution < 1.29 is 14.4 Å². The zero-order valence-electron chi connectivity index (χ0n) is 11.6. The number of amides is 3. The Kier molecular flexibility index (Phi) is 3.37. The molecule has 0 saturated carbocycles. The van der Waals surface area contributed by atoms with Gasteiger partial charge >= 0.3 is 0 Å². The molecule has 6 heteroatoms. The highest BCUT2D eigenvalue weighted by molar-refractivity contribution is 6.02. The topological polar surface area (TPSA) is 92.5 Å². The normalized spacial score (nSPS) is 20.9. The van der Waals surface area contributed by atoms with Crippen molar-refractivity contribution in [1.29, 1.82) is 0 Å². The van der Waals surface area contributed by atoms with Gasteiger partial charge in [0.1, 0.15) is 6.04 Å². The van der Waals surface area contributed by atoms with Crippen molar-refractivity contribution in [3.63, 3.8) is 0 Å². The summed E-state index contributed by atoms with van der Waals surface area (Å²) in [7, 11) is 0. The summed E-state index contributed by atoms with van der Waals surface area (Å²) < 4.78 is 0. The minimum atomic E-state index is -0.539. The van der Waals surface area contributed by atoms with E-state index in [4.69, 9.17) is 5.73 Å². The summed E-state index contributed by atoms with van der Waals surface area (Å²) in [5.74, 6) is -0.868. The van der Waals surface area contributed by atoms with Crippen LogP contribution in [-0.2, 0) is 11.2 Å². The lowest BCUT2D eigenvalue weighted by Crippen LogP contribution is -2.43. The van der Waals surface area contributed by atoms with Crippen molar-refractivity contribution in [2.24, 2.45) is 5.73 Å². The van der Waals surface area contributed by atoms with E-state index in [0.717, 1.165) is 18.4 Å². The number of rotatable bonds is 2. The van der Waals surface area contributed by atoms with Gasteiger partial charge in [-0.1, -0.05) is 6.07 Å². The maximum atomic E-state index is 12.5. The van der Waals surface area contributed by atoms with E-state index in [-0.39, 0.29) is 11.8 Å². The first-order chi connectivity index (χ1) is 10.1. The molecule has 0 aliphatic carbocycles. The molecule has 2 aliphatic heterocycles. The molecule has 0 unspecified atom stereocenters. The van der Waals surface area contributed by atoms with Crippen molar-refractivity contribution in [1.82, 2.24) is 10.2 Å². The molecule has 1 saturated heterocycles. The maximum Gasteiger partial charge on any atom is 0.254 e. The van der Waals surface area contributed by atoms with E-state index in [1.807, 2.05) is 6.07 Å². The number of nitrogens with two attached hydrogens (primary N) is 1. The molecule has 0 bridgehead atoms. The first kappa shape index (κ1) is 13.6. The Morgan fingerprint density at radius 2 is 2.14 bits per heavy atom. The molecule has 1 atom stereocenters. The number of hydrogen-bond acceptors (Lipinski definition) is 3. The highest BCUT2D eigenvalue weighted by atomic mass is 16.2. The van der Waals surface area contributed by atoms with Crippen LogP contribution in [0.1, 0.15) is 39.1 Å². The summed E-state index contributed by atoms with van der Waals surface area (Å²) >= 11 is 0. The molecule has 2 heterocycles. The van der Waals surface area contributed by atoms with Crippen molar-refractivity contribution in [2.45, 2.75) is 25.3 Å². The fourth-order valence-electron chi connectivity index (χ4n) is 3.02. The van der Waals surface area contributed by atoms with Gasteiger partial charge in [0.15, 0.2) is 0 Å². The summed E-state index contributed by atoms with van der Waals surface area (Å²) in [6.45, 7) is 1.14. The zero-order chi connectivity index (χ0) is 15.0. The van der Waals surface area contributed by atoms with Crippen LogP contribution >= 0.6 is 0 Å². The lowest BCUT2D eigenvalue weighted by Gasteiger charge is -2.23. The predicted octanol–water partition coefficient (Wildman–Crippen LogP) is 0.0624. The third-order valence-electron chi connectivity index (χ3n) is 4.12. The number of nitrogens with zero attached hydrogens (tertiary/aromatic N) is 1. The van der Waals surface area contributed by atoms with Gasteiger partial charge in [-0.3, -0.25) is 14.4 Å². The number of likely N-dealkylation sites (tertiary alicyclic amines) is 1. The second kappa shape index (κ2) is 5.20. The van der Waals surface area contributed by atoms with Crippen molar-refractivity contribution in [3.05, 3.63) is 34.9 Å². The van der Waals surface area contributed by atoms with Crippen LogP contribution < -0.4 is 11.1 Å². The highest BCUT2D eigenvalue weighted by Crippen LogP contribution is 2.22. The number of benzene rings is 1. The van der Waals surface area contributed by atoms with Crippen molar-refractivity contribution >= 4 is 17.7 Å². The average Bonchev–Trinajstić information content (AvgIpc) is 2.96. The third kappa shape index (κ3) is 2.37. The van der Waals surface area contributed by atoms with E-state index in [0.29, 0.717) is 30.6 Å². The van der Waals surface area contributed by atoms with Gasteiger partial charge in [-0.25, -0.2) is 0 Å². The molecule has 3 rings (SSSR count). The number of nitrogens with one attached hydrogen (secondary N) is 1. The van der Waals surface area contributed by atoms with Crippen molar-refractivity contribution in [3.8, 4) is 0 Å². The number of primary amides is 1. The summed E-state index contributed by atoms with van der Waals surface area (Å²) in [6.07, 6.45) is 2.14. The summed E-state index contributed by atoms with van der Waals surface area (Å²) in [5.41, 5.74) is 7.26. The first-order valence-corrected chi connectivity index (χ1v) is 7.09. The summed E-state index contributed by atoms with van der Waals surface area (Å²) in [4.78, 5) is 37.3. The van der Waals surface area contributed by atoms with E-state index in [1.54, 1.807) is 12.1 Å². The van der Waals surface area contributed by atoms with E-state index >= 15 is 0 Å². The van der Waals surface area contributed by atoms with E-state index in [2.05, 4.69) is 5.32 Å². The maximum absolute atomic E-state index is 12.5. The molecule has 3 N–H and O–H groups in total. The van der Waals surface area contributed by atoms with Crippen LogP contribution in [0.4, 0.5) is 0 Å². The Balaban J connectivity index is 1.90. The Hall–Kier alpha value is -2.37. The van der Waals surface area contributed by atoms with Gasteiger partial charge in [-0.15, -0.1) is 0 Å². The van der Waals surface area contributed by atoms with Crippen LogP contribution in [0.15, 0.2) is 18.2 Å². The second-order valence-corrected chi connectivity index (χ2v) is 5.44. The lowest BCUT2D eigenvalue weighted by atomic mass is 9.97. The standard InChI is InChI=1S/C15H17N3O3/c16-13(19)12-2-1-7-18(12)15(21)10-4-3-9-5-6-17-14(20)11(9)8-10/h3-4,8,12H,1-2,5-7H2,(H2,16,19)(H,17,20)/t12-/m1/s1.